The number of hydrogen-bond acceptors (Lipinski definition) is 1. The summed E-state index contributed by atoms with van der Waals surface area (Å²) in [6, 6.07) is 0. The van der Waals surface area contributed by atoms with Crippen LogP contribution in [0.1, 0.15) is 32.1 Å². The summed E-state index contributed by atoms with van der Waals surface area (Å²) in [5.74, 6) is 2.42. The van der Waals surface area contributed by atoms with Crippen LogP contribution in [-0.2, 0) is 0 Å². The van der Waals surface area contributed by atoms with Crippen molar-refractivity contribution in [2.24, 2.45) is 23.7 Å². The van der Waals surface area contributed by atoms with E-state index in [1.165, 1.54) is 32.1 Å². The summed E-state index contributed by atoms with van der Waals surface area (Å²) < 4.78 is 0. The minimum atomic E-state index is -0.0383. The lowest BCUT2D eigenvalue weighted by Crippen LogP contribution is -2.44. The fourth-order valence-electron chi connectivity index (χ4n) is 3.82. The van der Waals surface area contributed by atoms with Gasteiger partial charge in [0, 0.05) is 0 Å². The highest BCUT2D eigenvalue weighted by Crippen LogP contribution is 2.46. The molecule has 0 bridgehead atoms. The van der Waals surface area contributed by atoms with Crippen LogP contribution in [0.4, 0.5) is 0 Å². The average molecular weight is 204 g/mol. The summed E-state index contributed by atoms with van der Waals surface area (Å²) in [6.45, 7) is 0. The maximum absolute atomic E-state index is 10.4. The minimum Gasteiger partial charge on any atom is -0.393 e. The molecule has 1 fully saturated rings. The Kier molecular flexibility index (Phi) is 2.44. The van der Waals surface area contributed by atoms with Crippen LogP contribution >= 0.6 is 0 Å². The van der Waals surface area contributed by atoms with Gasteiger partial charge in [-0.3, -0.25) is 0 Å². The topological polar surface area (TPSA) is 20.2 Å². The molecule has 0 aliphatic heterocycles. The van der Waals surface area contributed by atoms with E-state index in [9.17, 15) is 5.11 Å². The monoisotopic (exact) mass is 204 g/mol. The molecule has 0 aromatic heterocycles. The third kappa shape index (κ3) is 1.57. The normalized spacial score (nSPS) is 48.5. The third-order valence-corrected chi connectivity index (χ3v) is 4.62. The first-order valence-corrected chi connectivity index (χ1v) is 6.37. The maximum Gasteiger partial charge on any atom is 0.0608 e. The van der Waals surface area contributed by atoms with Crippen LogP contribution in [0.15, 0.2) is 24.3 Å². The maximum atomic E-state index is 10.4. The number of aliphatic hydroxyl groups excluding tert-OH is 1. The number of hydrogen-bond donors (Lipinski definition) is 1. The standard InChI is InChI=1S/C14H20O/c15-14-12-7-3-1-5-10(12)9-11-6-2-4-8-13(11)14/h1-2,5-6,10-15H,3-4,7-9H2/t10-,11+,12-,13+,14?. The van der Waals surface area contributed by atoms with Crippen LogP contribution in [0.2, 0.25) is 0 Å². The molecule has 1 N–H and O–H groups in total. The zero-order chi connectivity index (χ0) is 10.3. The Morgan fingerprint density at radius 1 is 0.867 bits per heavy atom. The zero-order valence-corrected chi connectivity index (χ0v) is 9.18. The van der Waals surface area contributed by atoms with Crippen molar-refractivity contribution in [3.63, 3.8) is 0 Å². The van der Waals surface area contributed by atoms with Crippen molar-refractivity contribution in [1.82, 2.24) is 0 Å². The largest absolute Gasteiger partial charge is 0.393 e. The van der Waals surface area contributed by atoms with Gasteiger partial charge in [-0.2, -0.15) is 0 Å². The first kappa shape index (κ1) is 9.65. The predicted octanol–water partition coefficient (Wildman–Crippen LogP) is 2.92. The molecule has 0 spiro atoms. The van der Waals surface area contributed by atoms with Gasteiger partial charge in [-0.25, -0.2) is 0 Å². The molecule has 0 saturated heterocycles. The van der Waals surface area contributed by atoms with E-state index in [1.807, 2.05) is 0 Å². The van der Waals surface area contributed by atoms with Crippen molar-refractivity contribution in [3.05, 3.63) is 24.3 Å². The molecular weight excluding hydrogens is 184 g/mol. The predicted molar refractivity (Wildman–Crippen MR) is 61.3 cm³/mol. The Morgan fingerprint density at radius 2 is 1.40 bits per heavy atom. The molecule has 0 radical (unpaired) electrons. The van der Waals surface area contributed by atoms with Gasteiger partial charge in [0.2, 0.25) is 0 Å². The van der Waals surface area contributed by atoms with Crippen LogP contribution < -0.4 is 0 Å². The van der Waals surface area contributed by atoms with E-state index in [-0.39, 0.29) is 6.10 Å². The van der Waals surface area contributed by atoms with Crippen LogP contribution in [0.5, 0.6) is 0 Å². The number of fused-ring (bicyclic) bond motifs is 2. The van der Waals surface area contributed by atoms with Crippen molar-refractivity contribution < 1.29 is 5.11 Å². The zero-order valence-electron chi connectivity index (χ0n) is 9.18. The van der Waals surface area contributed by atoms with Gasteiger partial charge in [-0.1, -0.05) is 24.3 Å². The van der Waals surface area contributed by atoms with Crippen molar-refractivity contribution >= 4 is 0 Å². The minimum absolute atomic E-state index is 0.0383. The second kappa shape index (κ2) is 3.79. The Balaban J connectivity index is 1.86. The Morgan fingerprint density at radius 3 is 1.93 bits per heavy atom. The molecule has 0 aromatic rings. The van der Waals surface area contributed by atoms with Gasteiger partial charge in [-0.15, -0.1) is 0 Å². The third-order valence-electron chi connectivity index (χ3n) is 4.62. The Labute approximate surface area is 91.9 Å². The van der Waals surface area contributed by atoms with Gasteiger partial charge in [0.15, 0.2) is 0 Å². The molecule has 0 amide bonds. The molecule has 0 aromatic carbocycles. The first-order chi connectivity index (χ1) is 7.36. The molecule has 1 nitrogen and oxygen atoms in total. The highest BCUT2D eigenvalue weighted by atomic mass is 16.3. The van der Waals surface area contributed by atoms with E-state index in [0.717, 1.165) is 0 Å². The fraction of sp³-hybridized carbons (Fsp3) is 0.714. The Hall–Kier alpha value is -0.560. The first-order valence-electron chi connectivity index (χ1n) is 6.37. The number of allylic oxidation sites excluding steroid dienone is 4. The second-order valence-corrected chi connectivity index (χ2v) is 5.39. The average Bonchev–Trinajstić information content (AvgIpc) is 2.30. The lowest BCUT2D eigenvalue weighted by atomic mass is 9.61. The molecule has 5 atom stereocenters. The van der Waals surface area contributed by atoms with Gasteiger partial charge < -0.3 is 5.11 Å². The molecule has 3 aliphatic carbocycles. The van der Waals surface area contributed by atoms with Gasteiger partial charge in [-0.05, 0) is 55.8 Å². The van der Waals surface area contributed by atoms with Gasteiger partial charge in [0.1, 0.15) is 0 Å². The Bertz CT molecular complexity index is 264. The van der Waals surface area contributed by atoms with Crippen molar-refractivity contribution in [1.29, 1.82) is 0 Å². The van der Waals surface area contributed by atoms with Gasteiger partial charge in [0.25, 0.3) is 0 Å². The SMILES string of the molecule is OC1[C@H]2CCC=C[C@H]2C[C@H]2C=CCC[C@@H]12. The highest BCUT2D eigenvalue weighted by Gasteiger charge is 2.42. The number of aliphatic hydroxyl groups is 1. The molecule has 15 heavy (non-hydrogen) atoms. The molecule has 1 saturated carbocycles. The van der Waals surface area contributed by atoms with Gasteiger partial charge >= 0.3 is 0 Å². The fourth-order valence-corrected chi connectivity index (χ4v) is 3.82. The van der Waals surface area contributed by atoms with E-state index >= 15 is 0 Å². The van der Waals surface area contributed by atoms with Crippen molar-refractivity contribution in [2.45, 2.75) is 38.2 Å². The summed E-state index contributed by atoms with van der Waals surface area (Å²) in [7, 11) is 0. The molecule has 3 aliphatic rings. The van der Waals surface area contributed by atoms with E-state index in [0.29, 0.717) is 23.7 Å². The lowest BCUT2D eigenvalue weighted by molar-refractivity contribution is -0.0335. The quantitative estimate of drug-likeness (QED) is 0.601. The molecule has 0 heterocycles. The van der Waals surface area contributed by atoms with Gasteiger partial charge in [0.05, 0.1) is 6.10 Å². The molecular formula is C14H20O. The summed E-state index contributed by atoms with van der Waals surface area (Å²) in [5.41, 5.74) is 0. The highest BCUT2D eigenvalue weighted by molar-refractivity contribution is 5.10. The van der Waals surface area contributed by atoms with Crippen molar-refractivity contribution in [2.75, 3.05) is 0 Å². The summed E-state index contributed by atoms with van der Waals surface area (Å²) in [6.07, 6.45) is 15.3. The molecule has 1 unspecified atom stereocenters. The van der Waals surface area contributed by atoms with E-state index in [1.54, 1.807) is 0 Å². The molecule has 82 valence electrons. The number of rotatable bonds is 0. The smallest absolute Gasteiger partial charge is 0.0608 e. The molecule has 3 rings (SSSR count). The van der Waals surface area contributed by atoms with Crippen LogP contribution in [0, 0.1) is 23.7 Å². The van der Waals surface area contributed by atoms with Crippen LogP contribution in [0.3, 0.4) is 0 Å². The lowest BCUT2D eigenvalue weighted by Gasteiger charge is -2.46. The summed E-state index contributed by atoms with van der Waals surface area (Å²) in [5, 5.41) is 10.4. The molecule has 1 heteroatoms. The van der Waals surface area contributed by atoms with Crippen molar-refractivity contribution in [3.8, 4) is 0 Å². The van der Waals surface area contributed by atoms with E-state index in [2.05, 4.69) is 24.3 Å². The second-order valence-electron chi connectivity index (χ2n) is 5.39. The summed E-state index contributed by atoms with van der Waals surface area (Å²) >= 11 is 0. The van der Waals surface area contributed by atoms with E-state index < -0.39 is 0 Å². The van der Waals surface area contributed by atoms with Crippen LogP contribution in [0.25, 0.3) is 0 Å². The van der Waals surface area contributed by atoms with E-state index in [4.69, 9.17) is 0 Å². The summed E-state index contributed by atoms with van der Waals surface area (Å²) in [4.78, 5) is 0. The van der Waals surface area contributed by atoms with Crippen LogP contribution in [-0.4, -0.2) is 11.2 Å².